The summed E-state index contributed by atoms with van der Waals surface area (Å²) in [7, 11) is 0. The lowest BCUT2D eigenvalue weighted by molar-refractivity contribution is 0.559. The van der Waals surface area contributed by atoms with E-state index in [1.807, 2.05) is 66.7 Å². The van der Waals surface area contributed by atoms with Gasteiger partial charge in [-0.1, -0.05) is 60.7 Å². The third-order valence-corrected chi connectivity index (χ3v) is 4.03. The lowest BCUT2D eigenvalue weighted by Gasteiger charge is -2.11. The van der Waals surface area contributed by atoms with Crippen molar-refractivity contribution in [3.63, 3.8) is 0 Å². The highest BCUT2D eigenvalue weighted by molar-refractivity contribution is 5.76. The molecule has 0 fully saturated rings. The van der Waals surface area contributed by atoms with Crippen molar-refractivity contribution in [3.05, 3.63) is 107 Å². The van der Waals surface area contributed by atoms with E-state index >= 15 is 0 Å². The summed E-state index contributed by atoms with van der Waals surface area (Å²) < 4.78 is 6.66. The molecule has 0 aliphatic carbocycles. The predicted molar refractivity (Wildman–Crippen MR) is 103 cm³/mol. The molecule has 0 aliphatic rings. The molecule has 4 nitrogen and oxygen atoms in total. The number of pyridine rings is 1. The maximum atomic E-state index is 12.8. The Hall–Kier alpha value is -3.66. The van der Waals surface area contributed by atoms with Gasteiger partial charge in [-0.3, -0.25) is 4.79 Å². The molecule has 0 atom stereocenters. The molecule has 2 aromatic heterocycles. The van der Waals surface area contributed by atoms with Crippen LogP contribution in [0.3, 0.4) is 0 Å². The van der Waals surface area contributed by atoms with E-state index in [2.05, 4.69) is 5.10 Å². The summed E-state index contributed by atoms with van der Waals surface area (Å²) in [6, 6.07) is 26.7. The molecule has 0 bridgehead atoms. The maximum absolute atomic E-state index is 12.8. The topological polar surface area (TPSA) is 47.5 Å². The first-order chi connectivity index (χ1) is 12.8. The van der Waals surface area contributed by atoms with Crippen LogP contribution >= 0.6 is 0 Å². The second-order valence-electron chi connectivity index (χ2n) is 5.77. The van der Waals surface area contributed by atoms with E-state index in [4.69, 9.17) is 4.42 Å². The molecule has 0 aliphatic heterocycles. The van der Waals surface area contributed by atoms with Gasteiger partial charge in [0.2, 0.25) is 0 Å². The zero-order chi connectivity index (χ0) is 17.8. The number of aromatic nitrogens is 1. The second kappa shape index (κ2) is 7.07. The van der Waals surface area contributed by atoms with E-state index in [0.29, 0.717) is 5.76 Å². The quantitative estimate of drug-likeness (QED) is 0.507. The average molecular weight is 340 g/mol. The molecular weight excluding hydrogens is 324 g/mol. The molecule has 0 unspecified atom stereocenters. The zero-order valence-electron chi connectivity index (χ0n) is 13.9. The number of hydrogen-bond donors (Lipinski definition) is 0. The molecule has 4 rings (SSSR count). The monoisotopic (exact) mass is 340 g/mol. The molecule has 126 valence electrons. The maximum Gasteiger partial charge on any atom is 0.272 e. The fourth-order valence-electron chi connectivity index (χ4n) is 2.77. The summed E-state index contributed by atoms with van der Waals surface area (Å²) in [5, 5.41) is 4.34. The Morgan fingerprint density at radius 2 is 1.46 bits per heavy atom. The number of benzene rings is 2. The Morgan fingerprint density at radius 1 is 0.769 bits per heavy atom. The molecule has 0 saturated carbocycles. The first-order valence-corrected chi connectivity index (χ1v) is 8.27. The normalized spacial score (nSPS) is 11.1. The van der Waals surface area contributed by atoms with Crippen LogP contribution in [-0.4, -0.2) is 10.9 Å². The molecule has 4 heteroatoms. The standard InChI is InChI=1S/C22H16N2O2/c25-22-15-19(17-8-3-1-4-9-17)14-21(18-10-5-2-6-11-18)24(22)23-16-20-12-7-13-26-20/h1-16H. The minimum atomic E-state index is -0.201. The number of furan rings is 1. The van der Waals surface area contributed by atoms with Crippen LogP contribution in [0.15, 0.2) is 106 Å². The van der Waals surface area contributed by atoms with Crippen molar-refractivity contribution < 1.29 is 4.42 Å². The lowest BCUT2D eigenvalue weighted by atomic mass is 10.0. The van der Waals surface area contributed by atoms with Crippen LogP contribution < -0.4 is 5.56 Å². The van der Waals surface area contributed by atoms with E-state index in [0.717, 1.165) is 22.4 Å². The van der Waals surface area contributed by atoms with E-state index in [1.54, 1.807) is 24.5 Å². The van der Waals surface area contributed by atoms with Gasteiger partial charge >= 0.3 is 0 Å². The molecule has 2 aromatic carbocycles. The number of rotatable bonds is 4. The highest BCUT2D eigenvalue weighted by Crippen LogP contribution is 2.24. The third-order valence-electron chi connectivity index (χ3n) is 4.03. The summed E-state index contributed by atoms with van der Waals surface area (Å²) in [5.74, 6) is 0.586. The van der Waals surface area contributed by atoms with Crippen molar-refractivity contribution in [1.29, 1.82) is 0 Å². The van der Waals surface area contributed by atoms with Crippen LogP contribution in [0.1, 0.15) is 5.76 Å². The van der Waals surface area contributed by atoms with Crippen molar-refractivity contribution in [3.8, 4) is 22.4 Å². The molecule has 0 saturated heterocycles. The average Bonchev–Trinajstić information content (AvgIpc) is 3.21. The van der Waals surface area contributed by atoms with Crippen molar-refractivity contribution >= 4 is 6.21 Å². The van der Waals surface area contributed by atoms with Crippen LogP contribution in [0.5, 0.6) is 0 Å². The van der Waals surface area contributed by atoms with Gasteiger partial charge in [-0.05, 0) is 29.3 Å². The van der Waals surface area contributed by atoms with Gasteiger partial charge < -0.3 is 4.42 Å². The van der Waals surface area contributed by atoms with Crippen LogP contribution in [-0.2, 0) is 0 Å². The summed E-state index contributed by atoms with van der Waals surface area (Å²) in [4.78, 5) is 12.8. The fraction of sp³-hybridized carbons (Fsp3) is 0. The van der Waals surface area contributed by atoms with Gasteiger partial charge in [-0.15, -0.1) is 0 Å². The van der Waals surface area contributed by atoms with Gasteiger partial charge in [0.05, 0.1) is 18.2 Å². The van der Waals surface area contributed by atoms with Crippen LogP contribution in [0, 0.1) is 0 Å². The minimum Gasteiger partial charge on any atom is -0.463 e. The zero-order valence-corrected chi connectivity index (χ0v) is 13.9. The van der Waals surface area contributed by atoms with Crippen LogP contribution in [0.25, 0.3) is 22.4 Å². The van der Waals surface area contributed by atoms with Gasteiger partial charge in [-0.25, -0.2) is 0 Å². The van der Waals surface area contributed by atoms with Crippen molar-refractivity contribution in [2.24, 2.45) is 5.10 Å². The third kappa shape index (κ3) is 3.26. The molecule has 0 radical (unpaired) electrons. The largest absolute Gasteiger partial charge is 0.463 e. The molecule has 4 aromatic rings. The van der Waals surface area contributed by atoms with Crippen molar-refractivity contribution in [1.82, 2.24) is 4.68 Å². The summed E-state index contributed by atoms with van der Waals surface area (Å²) in [5.41, 5.74) is 3.29. The Bertz CT molecular complexity index is 1080. The molecular formula is C22H16N2O2. The predicted octanol–water partition coefficient (Wildman–Crippen LogP) is 4.66. The first-order valence-electron chi connectivity index (χ1n) is 8.27. The van der Waals surface area contributed by atoms with Crippen LogP contribution in [0.4, 0.5) is 0 Å². The van der Waals surface area contributed by atoms with Gasteiger partial charge in [0.1, 0.15) is 5.76 Å². The number of nitrogens with zero attached hydrogens (tertiary/aromatic N) is 2. The van der Waals surface area contributed by atoms with E-state index in [1.165, 1.54) is 10.9 Å². The van der Waals surface area contributed by atoms with Crippen molar-refractivity contribution in [2.45, 2.75) is 0 Å². The molecule has 0 spiro atoms. The smallest absolute Gasteiger partial charge is 0.272 e. The van der Waals surface area contributed by atoms with E-state index in [-0.39, 0.29) is 5.56 Å². The Kier molecular flexibility index (Phi) is 4.31. The Morgan fingerprint density at radius 3 is 2.12 bits per heavy atom. The summed E-state index contributed by atoms with van der Waals surface area (Å²) >= 11 is 0. The highest BCUT2D eigenvalue weighted by Gasteiger charge is 2.10. The van der Waals surface area contributed by atoms with Gasteiger partial charge in [0, 0.05) is 11.6 Å². The minimum absolute atomic E-state index is 0.201. The van der Waals surface area contributed by atoms with Crippen LogP contribution in [0.2, 0.25) is 0 Å². The Labute approximate surface area is 150 Å². The number of hydrogen-bond acceptors (Lipinski definition) is 3. The van der Waals surface area contributed by atoms with E-state index in [9.17, 15) is 4.79 Å². The molecule has 2 heterocycles. The highest BCUT2D eigenvalue weighted by atomic mass is 16.3. The second-order valence-corrected chi connectivity index (χ2v) is 5.77. The van der Waals surface area contributed by atoms with Gasteiger partial charge in [0.15, 0.2) is 0 Å². The first kappa shape index (κ1) is 15.8. The molecule has 26 heavy (non-hydrogen) atoms. The summed E-state index contributed by atoms with van der Waals surface area (Å²) in [6.45, 7) is 0. The molecule has 0 amide bonds. The van der Waals surface area contributed by atoms with E-state index < -0.39 is 0 Å². The van der Waals surface area contributed by atoms with Gasteiger partial charge in [0.25, 0.3) is 5.56 Å². The lowest BCUT2D eigenvalue weighted by Crippen LogP contribution is -2.17. The SMILES string of the molecule is O=c1cc(-c2ccccc2)cc(-c2ccccc2)n1N=Cc1ccco1. The van der Waals surface area contributed by atoms with Gasteiger partial charge in [-0.2, -0.15) is 9.78 Å². The fourth-order valence-corrected chi connectivity index (χ4v) is 2.77. The molecule has 0 N–H and O–H groups in total. The Balaban J connectivity index is 1.89. The summed E-state index contributed by atoms with van der Waals surface area (Å²) in [6.07, 6.45) is 3.11. The van der Waals surface area contributed by atoms with Crippen molar-refractivity contribution in [2.75, 3.05) is 0 Å².